The molecule has 0 bridgehead atoms. The van der Waals surface area contributed by atoms with Crippen LogP contribution < -0.4 is 15.5 Å². The molecule has 0 radical (unpaired) electrons. The summed E-state index contributed by atoms with van der Waals surface area (Å²) in [5.41, 5.74) is 2.42. The highest BCUT2D eigenvalue weighted by atomic mass is 35.5. The predicted molar refractivity (Wildman–Crippen MR) is 111 cm³/mol. The molecule has 1 N–H and O–H groups in total. The number of methoxy groups -OCH3 is 1. The number of pyridine rings is 1. The van der Waals surface area contributed by atoms with Crippen LogP contribution in [0.5, 0.6) is 5.75 Å². The Kier molecular flexibility index (Phi) is 6.49. The minimum atomic E-state index is -0.197. The zero-order chi connectivity index (χ0) is 20.1. The van der Waals surface area contributed by atoms with Crippen LogP contribution in [0.4, 0.5) is 0 Å². The Morgan fingerprint density at radius 3 is 2.79 bits per heavy atom. The molecular formula is C20H20ClN3O3S. The van der Waals surface area contributed by atoms with Crippen LogP contribution >= 0.6 is 22.9 Å². The van der Waals surface area contributed by atoms with Crippen molar-refractivity contribution in [3.05, 3.63) is 67.9 Å². The highest BCUT2D eigenvalue weighted by Gasteiger charge is 2.09. The first kappa shape index (κ1) is 20.1. The minimum Gasteiger partial charge on any atom is -0.491 e. The standard InChI is InChI=1S/C20H20ClN3O3S/c1-13-9-17(25)18(27-2)10-24(13)11-19(26)22-8-7-20-23-16(12-28-20)14-3-5-15(21)6-4-14/h3-6,9-10,12H,7-8,11H2,1-2H3,(H,22,26). The van der Waals surface area contributed by atoms with E-state index in [0.29, 0.717) is 23.7 Å². The number of halogens is 1. The minimum absolute atomic E-state index is 0.121. The summed E-state index contributed by atoms with van der Waals surface area (Å²) in [6.07, 6.45) is 2.20. The molecule has 0 saturated carbocycles. The van der Waals surface area contributed by atoms with E-state index in [1.807, 2.05) is 29.6 Å². The van der Waals surface area contributed by atoms with Gasteiger partial charge in [-0.05, 0) is 19.1 Å². The van der Waals surface area contributed by atoms with Gasteiger partial charge < -0.3 is 14.6 Å². The molecule has 2 heterocycles. The van der Waals surface area contributed by atoms with Crippen LogP contribution in [0.15, 0.2) is 46.7 Å². The first-order valence-corrected chi connectivity index (χ1v) is 9.94. The molecule has 0 unspecified atom stereocenters. The number of rotatable bonds is 7. The van der Waals surface area contributed by atoms with Gasteiger partial charge in [-0.3, -0.25) is 9.59 Å². The number of amides is 1. The predicted octanol–water partition coefficient (Wildman–Crippen LogP) is 3.30. The molecule has 6 nitrogen and oxygen atoms in total. The van der Waals surface area contributed by atoms with Crippen molar-refractivity contribution in [2.45, 2.75) is 19.9 Å². The number of nitrogens with one attached hydrogen (secondary N) is 1. The number of hydrogen-bond acceptors (Lipinski definition) is 5. The Morgan fingerprint density at radius 2 is 2.07 bits per heavy atom. The van der Waals surface area contributed by atoms with Gasteiger partial charge in [0.15, 0.2) is 5.75 Å². The number of ether oxygens (including phenoxy) is 1. The Bertz CT molecular complexity index is 1030. The maximum absolute atomic E-state index is 12.2. The lowest BCUT2D eigenvalue weighted by Gasteiger charge is -2.12. The molecule has 1 aromatic carbocycles. The highest BCUT2D eigenvalue weighted by Crippen LogP contribution is 2.23. The molecule has 0 atom stereocenters. The average Bonchev–Trinajstić information content (AvgIpc) is 3.13. The quantitative estimate of drug-likeness (QED) is 0.640. The number of hydrogen-bond donors (Lipinski definition) is 1. The van der Waals surface area contributed by atoms with Crippen molar-refractivity contribution in [3.8, 4) is 17.0 Å². The number of benzene rings is 1. The van der Waals surface area contributed by atoms with Crippen LogP contribution in [0.1, 0.15) is 10.7 Å². The maximum Gasteiger partial charge on any atom is 0.239 e. The zero-order valence-electron chi connectivity index (χ0n) is 15.6. The number of aromatic nitrogens is 2. The SMILES string of the molecule is COc1cn(CC(=O)NCCc2nc(-c3ccc(Cl)cc3)cs2)c(C)cc1=O. The van der Waals surface area contributed by atoms with Crippen molar-refractivity contribution in [1.29, 1.82) is 0 Å². The monoisotopic (exact) mass is 417 g/mol. The van der Waals surface area contributed by atoms with Gasteiger partial charge in [-0.25, -0.2) is 4.98 Å². The fourth-order valence-corrected chi connectivity index (χ4v) is 3.61. The van der Waals surface area contributed by atoms with Crippen LogP contribution in [0, 0.1) is 6.92 Å². The van der Waals surface area contributed by atoms with Crippen molar-refractivity contribution in [2.24, 2.45) is 0 Å². The van der Waals surface area contributed by atoms with Gasteiger partial charge in [0.05, 0.1) is 24.0 Å². The molecule has 0 aliphatic rings. The Hall–Kier alpha value is -2.64. The van der Waals surface area contributed by atoms with Crippen molar-refractivity contribution in [3.63, 3.8) is 0 Å². The molecule has 146 valence electrons. The lowest BCUT2D eigenvalue weighted by molar-refractivity contribution is -0.121. The van der Waals surface area contributed by atoms with Crippen molar-refractivity contribution >= 4 is 28.8 Å². The van der Waals surface area contributed by atoms with Crippen LogP contribution in [0.3, 0.4) is 0 Å². The van der Waals surface area contributed by atoms with Crippen molar-refractivity contribution < 1.29 is 9.53 Å². The lowest BCUT2D eigenvalue weighted by Crippen LogP contribution is -2.30. The van der Waals surface area contributed by atoms with E-state index in [-0.39, 0.29) is 23.6 Å². The van der Waals surface area contributed by atoms with E-state index in [4.69, 9.17) is 16.3 Å². The summed E-state index contributed by atoms with van der Waals surface area (Å²) < 4.78 is 6.72. The second-order valence-corrected chi connectivity index (χ2v) is 7.59. The number of carbonyl (C=O) groups is 1. The number of thiazole rings is 1. The van der Waals surface area contributed by atoms with E-state index < -0.39 is 0 Å². The van der Waals surface area contributed by atoms with Crippen LogP contribution in [0.25, 0.3) is 11.3 Å². The van der Waals surface area contributed by atoms with Gasteiger partial charge in [0.1, 0.15) is 6.54 Å². The van der Waals surface area contributed by atoms with Gasteiger partial charge in [-0.2, -0.15) is 0 Å². The highest BCUT2D eigenvalue weighted by molar-refractivity contribution is 7.09. The summed E-state index contributed by atoms with van der Waals surface area (Å²) in [5, 5.41) is 6.52. The van der Waals surface area contributed by atoms with E-state index in [2.05, 4.69) is 10.3 Å². The van der Waals surface area contributed by atoms with E-state index >= 15 is 0 Å². The Balaban J connectivity index is 1.53. The molecule has 3 aromatic rings. The summed E-state index contributed by atoms with van der Waals surface area (Å²) in [7, 11) is 1.43. The molecular weight excluding hydrogens is 398 g/mol. The second kappa shape index (κ2) is 9.03. The van der Waals surface area contributed by atoms with Gasteiger partial charge >= 0.3 is 0 Å². The smallest absolute Gasteiger partial charge is 0.239 e. The van der Waals surface area contributed by atoms with Gasteiger partial charge in [0, 0.05) is 40.7 Å². The van der Waals surface area contributed by atoms with Gasteiger partial charge in [0.25, 0.3) is 0 Å². The molecule has 0 aliphatic heterocycles. The topological polar surface area (TPSA) is 73.2 Å². The second-order valence-electron chi connectivity index (χ2n) is 6.21. The molecule has 0 aliphatic carbocycles. The van der Waals surface area contributed by atoms with Crippen LogP contribution in [-0.2, 0) is 17.8 Å². The molecule has 2 aromatic heterocycles. The van der Waals surface area contributed by atoms with E-state index in [1.165, 1.54) is 13.2 Å². The Morgan fingerprint density at radius 1 is 1.32 bits per heavy atom. The van der Waals surface area contributed by atoms with Gasteiger partial charge in [-0.1, -0.05) is 23.7 Å². The summed E-state index contributed by atoms with van der Waals surface area (Å²) in [6, 6.07) is 9.00. The fourth-order valence-electron chi connectivity index (χ4n) is 2.67. The van der Waals surface area contributed by atoms with Crippen molar-refractivity contribution in [2.75, 3.05) is 13.7 Å². The molecule has 0 fully saturated rings. The molecule has 28 heavy (non-hydrogen) atoms. The zero-order valence-corrected chi connectivity index (χ0v) is 17.1. The number of nitrogens with zero attached hydrogens (tertiary/aromatic N) is 2. The van der Waals surface area contributed by atoms with Crippen molar-refractivity contribution in [1.82, 2.24) is 14.9 Å². The lowest BCUT2D eigenvalue weighted by atomic mass is 10.2. The summed E-state index contributed by atoms with van der Waals surface area (Å²) >= 11 is 7.47. The summed E-state index contributed by atoms with van der Waals surface area (Å²) in [4.78, 5) is 28.5. The first-order chi connectivity index (χ1) is 13.5. The number of aryl methyl sites for hydroxylation is 1. The molecule has 3 rings (SSSR count). The summed E-state index contributed by atoms with van der Waals surface area (Å²) in [5.74, 6) is 0.0826. The molecule has 0 spiro atoms. The molecule has 8 heteroatoms. The van der Waals surface area contributed by atoms with Crippen LogP contribution in [-0.4, -0.2) is 29.1 Å². The fraction of sp³-hybridized carbons (Fsp3) is 0.250. The van der Waals surface area contributed by atoms with Gasteiger partial charge in [0.2, 0.25) is 11.3 Å². The maximum atomic E-state index is 12.2. The van der Waals surface area contributed by atoms with E-state index in [9.17, 15) is 9.59 Å². The van der Waals surface area contributed by atoms with Crippen LogP contribution in [0.2, 0.25) is 5.02 Å². The van der Waals surface area contributed by atoms with Gasteiger partial charge in [-0.15, -0.1) is 11.3 Å². The third kappa shape index (κ3) is 4.99. The third-order valence-electron chi connectivity index (χ3n) is 4.20. The first-order valence-electron chi connectivity index (χ1n) is 8.68. The van der Waals surface area contributed by atoms with E-state index in [0.717, 1.165) is 16.3 Å². The largest absolute Gasteiger partial charge is 0.491 e. The van der Waals surface area contributed by atoms with E-state index in [1.54, 1.807) is 29.0 Å². The average molecular weight is 418 g/mol. The third-order valence-corrected chi connectivity index (χ3v) is 5.36. The number of carbonyl (C=O) groups excluding carboxylic acids is 1. The molecule has 1 amide bonds. The molecule has 0 saturated heterocycles. The normalized spacial score (nSPS) is 10.7. The Labute approximate surface area is 171 Å². The summed E-state index contributed by atoms with van der Waals surface area (Å²) in [6.45, 7) is 2.39.